The summed E-state index contributed by atoms with van der Waals surface area (Å²) in [5.41, 5.74) is 6.87. The van der Waals surface area contributed by atoms with Gasteiger partial charge < -0.3 is 0 Å². The SMILES string of the molecule is c1ccc(Cc2c3c(nc4ccccc24)CCC3)cc1. The van der Waals surface area contributed by atoms with E-state index in [0.717, 1.165) is 18.4 Å². The van der Waals surface area contributed by atoms with Crippen LogP contribution in [0, 0.1) is 0 Å². The third kappa shape index (κ3) is 1.90. The quantitative estimate of drug-likeness (QED) is 0.668. The highest BCUT2D eigenvalue weighted by Crippen LogP contribution is 2.31. The van der Waals surface area contributed by atoms with Gasteiger partial charge in [0.05, 0.1) is 5.52 Å². The fourth-order valence-electron chi connectivity index (χ4n) is 3.31. The summed E-state index contributed by atoms with van der Waals surface area (Å²) in [6, 6.07) is 19.3. The zero-order valence-corrected chi connectivity index (χ0v) is 11.5. The molecule has 0 bridgehead atoms. The molecule has 0 unspecified atom stereocenters. The Balaban J connectivity index is 1.92. The molecule has 0 radical (unpaired) electrons. The van der Waals surface area contributed by atoms with Crippen LogP contribution in [0.5, 0.6) is 0 Å². The van der Waals surface area contributed by atoms with Gasteiger partial charge in [-0.1, -0.05) is 48.5 Å². The van der Waals surface area contributed by atoms with Gasteiger partial charge in [0, 0.05) is 11.1 Å². The van der Waals surface area contributed by atoms with E-state index in [2.05, 4.69) is 54.6 Å². The second kappa shape index (κ2) is 4.75. The summed E-state index contributed by atoms with van der Waals surface area (Å²) in [4.78, 5) is 4.86. The van der Waals surface area contributed by atoms with Crippen LogP contribution in [-0.2, 0) is 19.3 Å². The number of nitrogens with zero attached hydrogens (tertiary/aromatic N) is 1. The van der Waals surface area contributed by atoms with Crippen LogP contribution in [0.25, 0.3) is 10.9 Å². The molecular formula is C19H17N. The number of para-hydroxylation sites is 1. The molecule has 98 valence electrons. The monoisotopic (exact) mass is 259 g/mol. The summed E-state index contributed by atoms with van der Waals surface area (Å²) in [5, 5.41) is 1.33. The zero-order valence-electron chi connectivity index (χ0n) is 11.5. The Morgan fingerprint density at radius 2 is 1.65 bits per heavy atom. The van der Waals surface area contributed by atoms with Crippen LogP contribution in [0.1, 0.15) is 28.8 Å². The predicted molar refractivity (Wildman–Crippen MR) is 83.0 cm³/mol. The molecule has 0 aliphatic heterocycles. The van der Waals surface area contributed by atoms with Crippen LogP contribution in [0.3, 0.4) is 0 Å². The van der Waals surface area contributed by atoms with Crippen molar-refractivity contribution in [1.29, 1.82) is 0 Å². The fourth-order valence-corrected chi connectivity index (χ4v) is 3.31. The maximum Gasteiger partial charge on any atom is 0.0708 e. The molecule has 1 aromatic heterocycles. The maximum atomic E-state index is 4.86. The van der Waals surface area contributed by atoms with E-state index < -0.39 is 0 Å². The van der Waals surface area contributed by atoms with Crippen LogP contribution >= 0.6 is 0 Å². The van der Waals surface area contributed by atoms with Gasteiger partial charge in [-0.15, -0.1) is 0 Å². The minimum Gasteiger partial charge on any atom is -0.253 e. The van der Waals surface area contributed by atoms with Crippen LogP contribution in [-0.4, -0.2) is 4.98 Å². The first kappa shape index (κ1) is 11.7. The topological polar surface area (TPSA) is 12.9 Å². The lowest BCUT2D eigenvalue weighted by atomic mass is 9.95. The van der Waals surface area contributed by atoms with E-state index in [1.165, 1.54) is 40.6 Å². The van der Waals surface area contributed by atoms with Crippen molar-refractivity contribution in [1.82, 2.24) is 4.98 Å². The number of hydrogen-bond donors (Lipinski definition) is 0. The van der Waals surface area contributed by atoms with Crippen molar-refractivity contribution in [2.75, 3.05) is 0 Å². The largest absolute Gasteiger partial charge is 0.253 e. The molecule has 0 atom stereocenters. The average molecular weight is 259 g/mol. The summed E-state index contributed by atoms with van der Waals surface area (Å²) >= 11 is 0. The van der Waals surface area contributed by atoms with Crippen LogP contribution in [0.4, 0.5) is 0 Å². The molecule has 1 heteroatoms. The highest BCUT2D eigenvalue weighted by molar-refractivity contribution is 5.84. The molecule has 2 aromatic carbocycles. The van der Waals surface area contributed by atoms with Crippen molar-refractivity contribution >= 4 is 10.9 Å². The fraction of sp³-hybridized carbons (Fsp3) is 0.211. The molecule has 0 fully saturated rings. The number of aromatic nitrogens is 1. The number of hydrogen-bond acceptors (Lipinski definition) is 1. The van der Waals surface area contributed by atoms with Crippen molar-refractivity contribution in [3.8, 4) is 0 Å². The van der Waals surface area contributed by atoms with Gasteiger partial charge >= 0.3 is 0 Å². The lowest BCUT2D eigenvalue weighted by Crippen LogP contribution is -2.00. The molecule has 3 aromatic rings. The molecule has 0 spiro atoms. The number of pyridine rings is 1. The first-order valence-electron chi connectivity index (χ1n) is 7.35. The molecule has 1 heterocycles. The van der Waals surface area contributed by atoms with Gasteiger partial charge in [-0.25, -0.2) is 0 Å². The molecular weight excluding hydrogens is 242 g/mol. The number of rotatable bonds is 2. The number of fused-ring (bicyclic) bond motifs is 2. The Morgan fingerprint density at radius 3 is 2.55 bits per heavy atom. The van der Waals surface area contributed by atoms with E-state index in [1.807, 2.05) is 0 Å². The third-order valence-electron chi connectivity index (χ3n) is 4.26. The summed E-state index contributed by atoms with van der Waals surface area (Å²) in [6.45, 7) is 0. The van der Waals surface area contributed by atoms with Gasteiger partial charge in [0.2, 0.25) is 0 Å². The highest BCUT2D eigenvalue weighted by Gasteiger charge is 2.19. The van der Waals surface area contributed by atoms with Crippen LogP contribution in [0.2, 0.25) is 0 Å². The number of benzene rings is 2. The summed E-state index contributed by atoms with van der Waals surface area (Å²) in [5.74, 6) is 0. The summed E-state index contributed by atoms with van der Waals surface area (Å²) < 4.78 is 0. The van der Waals surface area contributed by atoms with E-state index in [9.17, 15) is 0 Å². The Morgan fingerprint density at radius 1 is 0.850 bits per heavy atom. The molecule has 0 saturated heterocycles. The first-order valence-corrected chi connectivity index (χ1v) is 7.35. The van der Waals surface area contributed by atoms with E-state index in [0.29, 0.717) is 0 Å². The lowest BCUT2D eigenvalue weighted by molar-refractivity contribution is 0.898. The van der Waals surface area contributed by atoms with Crippen molar-refractivity contribution in [3.05, 3.63) is 77.0 Å². The molecule has 1 nitrogen and oxygen atoms in total. The van der Waals surface area contributed by atoms with Gasteiger partial charge in [0.15, 0.2) is 0 Å². The molecule has 4 rings (SSSR count). The van der Waals surface area contributed by atoms with Crippen molar-refractivity contribution in [2.45, 2.75) is 25.7 Å². The smallest absolute Gasteiger partial charge is 0.0708 e. The van der Waals surface area contributed by atoms with E-state index in [-0.39, 0.29) is 0 Å². The molecule has 1 aliphatic rings. The summed E-state index contributed by atoms with van der Waals surface area (Å²) in [7, 11) is 0. The number of aryl methyl sites for hydroxylation is 1. The average Bonchev–Trinajstić information content (AvgIpc) is 2.96. The van der Waals surface area contributed by atoms with Gasteiger partial charge in [-0.2, -0.15) is 0 Å². The molecule has 0 saturated carbocycles. The maximum absolute atomic E-state index is 4.86. The van der Waals surface area contributed by atoms with Crippen LogP contribution < -0.4 is 0 Å². The minimum absolute atomic E-state index is 1.02. The Hall–Kier alpha value is -2.15. The Labute approximate surface area is 119 Å². The Kier molecular flexibility index (Phi) is 2.77. The Bertz CT molecular complexity index is 759. The standard InChI is InChI=1S/C19H17N/c1-2-7-14(8-3-1)13-17-15-9-4-5-11-18(15)20-19-12-6-10-16(17)19/h1-5,7-9,11H,6,10,12-13H2. The van der Waals surface area contributed by atoms with Crippen LogP contribution in [0.15, 0.2) is 54.6 Å². The van der Waals surface area contributed by atoms with Gasteiger partial charge in [0.1, 0.15) is 0 Å². The van der Waals surface area contributed by atoms with Gasteiger partial charge in [-0.3, -0.25) is 4.98 Å². The lowest BCUT2D eigenvalue weighted by Gasteiger charge is -2.12. The van der Waals surface area contributed by atoms with E-state index in [1.54, 1.807) is 0 Å². The molecule has 20 heavy (non-hydrogen) atoms. The second-order valence-corrected chi connectivity index (χ2v) is 5.55. The van der Waals surface area contributed by atoms with Gasteiger partial charge in [-0.05, 0) is 48.4 Å². The molecule has 0 amide bonds. The zero-order chi connectivity index (χ0) is 13.4. The van der Waals surface area contributed by atoms with Crippen molar-refractivity contribution in [3.63, 3.8) is 0 Å². The normalized spacial score (nSPS) is 13.6. The summed E-state index contributed by atoms with van der Waals surface area (Å²) in [6.07, 6.45) is 4.60. The van der Waals surface area contributed by atoms with E-state index in [4.69, 9.17) is 4.98 Å². The molecule has 0 N–H and O–H groups in total. The van der Waals surface area contributed by atoms with Gasteiger partial charge in [0.25, 0.3) is 0 Å². The third-order valence-corrected chi connectivity index (χ3v) is 4.26. The first-order chi connectivity index (χ1) is 9.92. The molecule has 1 aliphatic carbocycles. The van der Waals surface area contributed by atoms with Crippen molar-refractivity contribution in [2.24, 2.45) is 0 Å². The highest BCUT2D eigenvalue weighted by atomic mass is 14.7. The minimum atomic E-state index is 1.02. The van der Waals surface area contributed by atoms with E-state index >= 15 is 0 Å². The van der Waals surface area contributed by atoms with Crippen molar-refractivity contribution < 1.29 is 0 Å². The second-order valence-electron chi connectivity index (χ2n) is 5.55. The predicted octanol–water partition coefficient (Wildman–Crippen LogP) is 4.31.